The highest BCUT2D eigenvalue weighted by Gasteiger charge is 2.32. The van der Waals surface area contributed by atoms with Crippen molar-refractivity contribution in [3.05, 3.63) is 22.7 Å². The number of halogens is 1. The third-order valence-electron chi connectivity index (χ3n) is 3.32. The van der Waals surface area contributed by atoms with Crippen molar-refractivity contribution in [3.63, 3.8) is 0 Å². The van der Waals surface area contributed by atoms with Gasteiger partial charge in [0.05, 0.1) is 23.1 Å². The van der Waals surface area contributed by atoms with Gasteiger partial charge in [-0.2, -0.15) is 0 Å². The average Bonchev–Trinajstić information content (AvgIpc) is 2.84. The van der Waals surface area contributed by atoms with E-state index < -0.39 is 9.84 Å². The molecule has 1 saturated heterocycles. The molecular weight excluding hydrogens is 318 g/mol. The molecule has 2 heterocycles. The normalized spacial score (nSPS) is 22.6. The summed E-state index contributed by atoms with van der Waals surface area (Å²) in [5, 5.41) is 7.79. The standard InChI is InChI=1S/C11H12BrN3O2S/c12-8-3-4-11-10(6-8)13-14-15(11)7-9-2-1-5-18(9,16)17/h3-4,6,9H,1-2,5,7H2. The lowest BCUT2D eigenvalue weighted by Crippen LogP contribution is -2.22. The summed E-state index contributed by atoms with van der Waals surface area (Å²) < 4.78 is 26.2. The van der Waals surface area contributed by atoms with Crippen molar-refractivity contribution in [1.29, 1.82) is 0 Å². The van der Waals surface area contributed by atoms with Gasteiger partial charge in [0.25, 0.3) is 0 Å². The molecule has 1 atom stereocenters. The Morgan fingerprint density at radius 1 is 1.44 bits per heavy atom. The van der Waals surface area contributed by atoms with Crippen LogP contribution in [0.2, 0.25) is 0 Å². The van der Waals surface area contributed by atoms with E-state index in [1.807, 2.05) is 18.2 Å². The molecule has 96 valence electrons. The molecule has 3 rings (SSSR count). The Kier molecular flexibility index (Phi) is 2.90. The second-order valence-corrected chi connectivity index (χ2v) is 7.85. The SMILES string of the molecule is O=S1(=O)CCCC1Cn1nnc2cc(Br)ccc21. The topological polar surface area (TPSA) is 64.8 Å². The zero-order chi connectivity index (χ0) is 12.8. The fourth-order valence-corrected chi connectivity index (χ4v) is 4.48. The van der Waals surface area contributed by atoms with E-state index in [4.69, 9.17) is 0 Å². The van der Waals surface area contributed by atoms with Gasteiger partial charge in [-0.05, 0) is 31.0 Å². The van der Waals surface area contributed by atoms with E-state index in [1.54, 1.807) is 4.68 Å². The quantitative estimate of drug-likeness (QED) is 0.842. The lowest BCUT2D eigenvalue weighted by Gasteiger charge is -2.09. The van der Waals surface area contributed by atoms with E-state index in [-0.39, 0.29) is 5.25 Å². The highest BCUT2D eigenvalue weighted by atomic mass is 79.9. The summed E-state index contributed by atoms with van der Waals surface area (Å²) in [6, 6.07) is 5.69. The van der Waals surface area contributed by atoms with E-state index in [0.717, 1.165) is 28.3 Å². The second-order valence-electron chi connectivity index (χ2n) is 4.54. The molecule has 1 fully saturated rings. The minimum absolute atomic E-state index is 0.301. The van der Waals surface area contributed by atoms with Gasteiger partial charge in [-0.15, -0.1) is 5.10 Å². The number of rotatable bonds is 2. The van der Waals surface area contributed by atoms with Crippen molar-refractivity contribution in [2.24, 2.45) is 0 Å². The van der Waals surface area contributed by atoms with Crippen LogP contribution in [0.4, 0.5) is 0 Å². The van der Waals surface area contributed by atoms with Gasteiger partial charge in [-0.3, -0.25) is 0 Å². The molecule has 0 aliphatic carbocycles. The largest absolute Gasteiger partial charge is 0.243 e. The molecule has 1 aromatic heterocycles. The summed E-state index contributed by atoms with van der Waals surface area (Å²) in [5.41, 5.74) is 1.65. The molecule has 0 N–H and O–H groups in total. The summed E-state index contributed by atoms with van der Waals surface area (Å²) >= 11 is 3.38. The fraction of sp³-hybridized carbons (Fsp3) is 0.455. The lowest BCUT2D eigenvalue weighted by atomic mass is 10.2. The lowest BCUT2D eigenvalue weighted by molar-refractivity contribution is 0.540. The maximum Gasteiger partial charge on any atom is 0.154 e. The molecule has 1 aromatic carbocycles. The molecule has 0 spiro atoms. The minimum atomic E-state index is -2.94. The van der Waals surface area contributed by atoms with Crippen LogP contribution in [0.15, 0.2) is 22.7 Å². The summed E-state index contributed by atoms with van der Waals surface area (Å²) in [4.78, 5) is 0. The molecule has 1 aliphatic heterocycles. The van der Waals surface area contributed by atoms with Crippen LogP contribution in [0.25, 0.3) is 11.0 Å². The third kappa shape index (κ3) is 2.05. The highest BCUT2D eigenvalue weighted by molar-refractivity contribution is 9.10. The van der Waals surface area contributed by atoms with E-state index in [1.165, 1.54) is 0 Å². The predicted octanol–water partition coefficient (Wildman–Crippen LogP) is 1.77. The average molecular weight is 330 g/mol. The number of hydrogen-bond donors (Lipinski definition) is 0. The van der Waals surface area contributed by atoms with E-state index in [9.17, 15) is 8.42 Å². The highest BCUT2D eigenvalue weighted by Crippen LogP contribution is 2.23. The molecule has 7 heteroatoms. The van der Waals surface area contributed by atoms with Crippen LogP contribution in [0.5, 0.6) is 0 Å². The Hall–Kier alpha value is -0.950. The van der Waals surface area contributed by atoms with Crippen molar-refractivity contribution in [3.8, 4) is 0 Å². The third-order valence-corrected chi connectivity index (χ3v) is 6.07. The minimum Gasteiger partial charge on any atom is -0.243 e. The van der Waals surface area contributed by atoms with Crippen molar-refractivity contribution < 1.29 is 8.42 Å². The predicted molar refractivity (Wildman–Crippen MR) is 72.0 cm³/mol. The molecule has 18 heavy (non-hydrogen) atoms. The van der Waals surface area contributed by atoms with E-state index in [2.05, 4.69) is 26.2 Å². The number of benzene rings is 1. The van der Waals surface area contributed by atoms with Gasteiger partial charge < -0.3 is 0 Å². The van der Waals surface area contributed by atoms with Gasteiger partial charge in [-0.25, -0.2) is 13.1 Å². The first-order valence-electron chi connectivity index (χ1n) is 5.76. The van der Waals surface area contributed by atoms with Crippen LogP contribution in [0.3, 0.4) is 0 Å². The van der Waals surface area contributed by atoms with Crippen molar-refractivity contribution >= 4 is 36.8 Å². The Balaban J connectivity index is 1.96. The molecule has 1 aliphatic rings. The van der Waals surface area contributed by atoms with Crippen LogP contribution >= 0.6 is 15.9 Å². The fourth-order valence-electron chi connectivity index (χ4n) is 2.34. The number of aromatic nitrogens is 3. The molecular formula is C11H12BrN3O2S. The number of hydrogen-bond acceptors (Lipinski definition) is 4. The number of fused-ring (bicyclic) bond motifs is 1. The van der Waals surface area contributed by atoms with Gasteiger partial charge in [0.2, 0.25) is 0 Å². The van der Waals surface area contributed by atoms with Crippen LogP contribution in [-0.2, 0) is 16.4 Å². The van der Waals surface area contributed by atoms with Crippen LogP contribution in [0, 0.1) is 0 Å². The number of nitrogens with zero attached hydrogens (tertiary/aromatic N) is 3. The first kappa shape index (κ1) is 12.1. The second kappa shape index (κ2) is 4.31. The van der Waals surface area contributed by atoms with E-state index >= 15 is 0 Å². The number of sulfone groups is 1. The monoisotopic (exact) mass is 329 g/mol. The van der Waals surface area contributed by atoms with E-state index in [0.29, 0.717) is 12.3 Å². The van der Waals surface area contributed by atoms with Crippen molar-refractivity contribution in [2.45, 2.75) is 24.6 Å². The van der Waals surface area contributed by atoms with Gasteiger partial charge in [-0.1, -0.05) is 21.1 Å². The summed E-state index contributed by atoms with van der Waals surface area (Å²) in [5.74, 6) is 0.301. The van der Waals surface area contributed by atoms with Crippen molar-refractivity contribution in [2.75, 3.05) is 5.75 Å². The Labute approximate surface area is 113 Å². The van der Waals surface area contributed by atoms with Crippen molar-refractivity contribution in [1.82, 2.24) is 15.0 Å². The van der Waals surface area contributed by atoms with Crippen LogP contribution < -0.4 is 0 Å². The maximum absolute atomic E-state index is 11.8. The molecule has 0 radical (unpaired) electrons. The molecule has 1 unspecified atom stereocenters. The first-order chi connectivity index (χ1) is 8.56. The van der Waals surface area contributed by atoms with Gasteiger partial charge in [0, 0.05) is 4.47 Å². The Bertz CT molecular complexity index is 695. The first-order valence-corrected chi connectivity index (χ1v) is 8.27. The van der Waals surface area contributed by atoms with Gasteiger partial charge in [0.15, 0.2) is 9.84 Å². The molecule has 0 bridgehead atoms. The zero-order valence-corrected chi connectivity index (χ0v) is 12.0. The smallest absolute Gasteiger partial charge is 0.154 e. The van der Waals surface area contributed by atoms with Crippen LogP contribution in [-0.4, -0.2) is 34.4 Å². The summed E-state index contributed by atoms with van der Waals surface area (Å²) in [6.45, 7) is 0.403. The van der Waals surface area contributed by atoms with Gasteiger partial charge >= 0.3 is 0 Å². The maximum atomic E-state index is 11.8. The molecule has 5 nitrogen and oxygen atoms in total. The summed E-state index contributed by atoms with van der Waals surface area (Å²) in [6.07, 6.45) is 1.48. The summed E-state index contributed by atoms with van der Waals surface area (Å²) in [7, 11) is -2.94. The molecule has 2 aromatic rings. The van der Waals surface area contributed by atoms with Crippen LogP contribution in [0.1, 0.15) is 12.8 Å². The molecule has 0 amide bonds. The molecule has 0 saturated carbocycles. The zero-order valence-electron chi connectivity index (χ0n) is 9.58. The Morgan fingerprint density at radius 2 is 2.28 bits per heavy atom. The van der Waals surface area contributed by atoms with Gasteiger partial charge in [0.1, 0.15) is 5.52 Å². The Morgan fingerprint density at radius 3 is 3.00 bits per heavy atom.